The number of amides is 1. The van der Waals surface area contributed by atoms with Gasteiger partial charge in [-0.2, -0.15) is 5.26 Å². The Kier molecular flexibility index (Phi) is 7.79. The highest BCUT2D eigenvalue weighted by atomic mass is 32.1. The summed E-state index contributed by atoms with van der Waals surface area (Å²) in [5, 5.41) is 12.6. The highest BCUT2D eigenvalue weighted by molar-refractivity contribution is 7.12. The van der Waals surface area contributed by atoms with E-state index in [1.54, 1.807) is 0 Å². The Hall–Kier alpha value is -2.69. The van der Waals surface area contributed by atoms with Crippen LogP contribution in [0.3, 0.4) is 0 Å². The van der Waals surface area contributed by atoms with Crippen molar-refractivity contribution in [2.45, 2.75) is 70.0 Å². The molecule has 1 N–H and O–H groups in total. The number of hydrogen-bond acceptors (Lipinski definition) is 6. The molecular formula is C26H30N2O4S. The van der Waals surface area contributed by atoms with Crippen molar-refractivity contribution in [3.05, 3.63) is 56.8 Å². The second kappa shape index (κ2) is 11.0. The standard InChI is InChI=1S/C26H30N2O4S/c1-17(18-6-3-2-4-7-18)12-19(29)13-24-23(15-27)22-10-9-20(14-25(22)33-24)32-26(30)28-16-21-8-5-11-31-21/h2-4,6-7,17,20-21H,5,8-14,16H2,1H3,(H,28,30). The summed E-state index contributed by atoms with van der Waals surface area (Å²) in [6, 6.07) is 12.3. The number of nitrogens with one attached hydrogen (secondary N) is 1. The van der Waals surface area contributed by atoms with Crippen LogP contribution < -0.4 is 5.32 Å². The maximum absolute atomic E-state index is 12.8. The van der Waals surface area contributed by atoms with Crippen LogP contribution in [0.1, 0.15) is 65.0 Å². The summed E-state index contributed by atoms with van der Waals surface area (Å²) < 4.78 is 11.1. The molecule has 2 aliphatic rings. The lowest BCUT2D eigenvalue weighted by Gasteiger charge is -2.23. The van der Waals surface area contributed by atoms with Crippen molar-refractivity contribution in [1.82, 2.24) is 5.32 Å². The molecule has 4 rings (SSSR count). The van der Waals surface area contributed by atoms with Crippen molar-refractivity contribution < 1.29 is 19.1 Å². The van der Waals surface area contributed by atoms with Crippen LogP contribution in [0.15, 0.2) is 30.3 Å². The number of alkyl carbamates (subject to hydrolysis) is 1. The first-order valence-corrected chi connectivity index (χ1v) is 12.5. The third-order valence-corrected chi connectivity index (χ3v) is 7.69. The number of rotatable bonds is 8. The van der Waals surface area contributed by atoms with Crippen LogP contribution in [0.2, 0.25) is 0 Å². The molecular weight excluding hydrogens is 436 g/mol. The van der Waals surface area contributed by atoms with Crippen LogP contribution in [-0.4, -0.2) is 37.2 Å². The van der Waals surface area contributed by atoms with Crippen molar-refractivity contribution in [3.8, 4) is 6.07 Å². The molecule has 0 spiro atoms. The fourth-order valence-corrected chi connectivity index (χ4v) is 6.05. The third-order valence-electron chi connectivity index (χ3n) is 6.44. The highest BCUT2D eigenvalue weighted by Crippen LogP contribution is 2.36. The molecule has 2 aromatic rings. The molecule has 1 aromatic carbocycles. The third kappa shape index (κ3) is 6.01. The second-order valence-electron chi connectivity index (χ2n) is 8.93. The van der Waals surface area contributed by atoms with Gasteiger partial charge in [0.05, 0.1) is 11.7 Å². The molecule has 1 amide bonds. The fourth-order valence-electron chi connectivity index (χ4n) is 4.66. The van der Waals surface area contributed by atoms with Crippen LogP contribution in [0.25, 0.3) is 0 Å². The Morgan fingerprint density at radius 2 is 2.12 bits per heavy atom. The average molecular weight is 467 g/mol. The SMILES string of the molecule is CC(CC(=O)Cc1sc2c(c1C#N)CCC(OC(=O)NCC1CCCO1)C2)c1ccccc1. The zero-order valence-electron chi connectivity index (χ0n) is 19.0. The molecule has 1 aromatic heterocycles. The van der Waals surface area contributed by atoms with E-state index in [1.165, 1.54) is 11.3 Å². The first kappa shape index (κ1) is 23.5. The minimum absolute atomic E-state index is 0.0793. The molecule has 7 heteroatoms. The molecule has 33 heavy (non-hydrogen) atoms. The molecule has 1 fully saturated rings. The number of carbonyl (C=O) groups excluding carboxylic acids is 2. The average Bonchev–Trinajstić information content (AvgIpc) is 3.45. The van der Waals surface area contributed by atoms with Crippen molar-refractivity contribution >= 4 is 23.2 Å². The van der Waals surface area contributed by atoms with Gasteiger partial charge in [-0.3, -0.25) is 4.79 Å². The van der Waals surface area contributed by atoms with E-state index in [9.17, 15) is 14.9 Å². The van der Waals surface area contributed by atoms with Gasteiger partial charge >= 0.3 is 6.09 Å². The van der Waals surface area contributed by atoms with E-state index in [1.807, 2.05) is 30.3 Å². The van der Waals surface area contributed by atoms with E-state index < -0.39 is 6.09 Å². The zero-order valence-corrected chi connectivity index (χ0v) is 19.8. The van der Waals surface area contributed by atoms with Gasteiger partial charge in [-0.15, -0.1) is 11.3 Å². The Labute approximate surface area is 198 Å². The smallest absolute Gasteiger partial charge is 0.407 e. The number of fused-ring (bicyclic) bond motifs is 1. The van der Waals surface area contributed by atoms with Crippen molar-refractivity contribution in [2.75, 3.05) is 13.2 Å². The van der Waals surface area contributed by atoms with E-state index in [0.717, 1.165) is 40.3 Å². The largest absolute Gasteiger partial charge is 0.446 e. The fraction of sp³-hybridized carbons (Fsp3) is 0.500. The number of carbonyl (C=O) groups is 2. The van der Waals surface area contributed by atoms with Crippen molar-refractivity contribution in [1.29, 1.82) is 5.26 Å². The molecule has 2 heterocycles. The summed E-state index contributed by atoms with van der Waals surface area (Å²) >= 11 is 1.53. The number of hydrogen-bond donors (Lipinski definition) is 1. The number of ketones is 1. The number of benzene rings is 1. The highest BCUT2D eigenvalue weighted by Gasteiger charge is 2.29. The van der Waals surface area contributed by atoms with Gasteiger partial charge in [0.1, 0.15) is 18.0 Å². The molecule has 1 aliphatic heterocycles. The van der Waals surface area contributed by atoms with Gasteiger partial charge in [0.2, 0.25) is 0 Å². The van der Waals surface area contributed by atoms with E-state index in [0.29, 0.717) is 37.8 Å². The number of ether oxygens (including phenoxy) is 2. The first-order chi connectivity index (χ1) is 16.0. The Morgan fingerprint density at radius 1 is 1.30 bits per heavy atom. The van der Waals surface area contributed by atoms with Crippen molar-refractivity contribution in [2.24, 2.45) is 0 Å². The van der Waals surface area contributed by atoms with Gasteiger partial charge in [-0.1, -0.05) is 37.3 Å². The molecule has 0 radical (unpaired) electrons. The van der Waals surface area contributed by atoms with Crippen LogP contribution in [0, 0.1) is 11.3 Å². The zero-order chi connectivity index (χ0) is 23.2. The number of nitriles is 1. The summed E-state index contributed by atoms with van der Waals surface area (Å²) in [7, 11) is 0. The normalized spacial score (nSPS) is 20.5. The molecule has 1 aliphatic carbocycles. The van der Waals surface area contributed by atoms with Gasteiger partial charge in [0.15, 0.2) is 0 Å². The molecule has 0 bridgehead atoms. The predicted octanol–water partition coefficient (Wildman–Crippen LogP) is 4.69. The topological polar surface area (TPSA) is 88.4 Å². The van der Waals surface area contributed by atoms with Gasteiger partial charge in [-0.25, -0.2) is 4.79 Å². The van der Waals surface area contributed by atoms with E-state index in [-0.39, 0.29) is 30.3 Å². The number of Topliss-reactive ketones (excluding diaryl/α,β-unsaturated/α-hetero) is 1. The van der Waals surface area contributed by atoms with Gasteiger partial charge in [0.25, 0.3) is 0 Å². The molecule has 174 valence electrons. The van der Waals surface area contributed by atoms with Crippen LogP contribution in [0.4, 0.5) is 4.79 Å². The first-order valence-electron chi connectivity index (χ1n) is 11.7. The van der Waals surface area contributed by atoms with Crippen LogP contribution >= 0.6 is 11.3 Å². The maximum atomic E-state index is 12.8. The summed E-state index contributed by atoms with van der Waals surface area (Å²) in [6.07, 6.45) is 4.14. The quantitative estimate of drug-likeness (QED) is 0.610. The summed E-state index contributed by atoms with van der Waals surface area (Å²) in [6.45, 7) is 3.29. The Bertz CT molecular complexity index is 1020. The lowest BCUT2D eigenvalue weighted by molar-refractivity contribution is -0.118. The monoisotopic (exact) mass is 466 g/mol. The van der Waals surface area contributed by atoms with Gasteiger partial charge < -0.3 is 14.8 Å². The Balaban J connectivity index is 1.33. The maximum Gasteiger partial charge on any atom is 0.407 e. The van der Waals surface area contributed by atoms with E-state index in [4.69, 9.17) is 9.47 Å². The number of nitrogens with zero attached hydrogens (tertiary/aromatic N) is 1. The predicted molar refractivity (Wildman–Crippen MR) is 126 cm³/mol. The minimum atomic E-state index is -0.415. The molecule has 0 saturated carbocycles. The van der Waals surface area contributed by atoms with Crippen LogP contribution in [-0.2, 0) is 33.5 Å². The molecule has 6 nitrogen and oxygen atoms in total. The van der Waals surface area contributed by atoms with Gasteiger partial charge in [0, 0.05) is 42.2 Å². The lowest BCUT2D eigenvalue weighted by Crippen LogP contribution is -2.36. The summed E-state index contributed by atoms with van der Waals surface area (Å²) in [5.41, 5.74) is 2.83. The molecule has 1 saturated heterocycles. The Morgan fingerprint density at radius 3 is 2.85 bits per heavy atom. The second-order valence-corrected chi connectivity index (χ2v) is 10.1. The van der Waals surface area contributed by atoms with E-state index in [2.05, 4.69) is 18.3 Å². The van der Waals surface area contributed by atoms with E-state index >= 15 is 0 Å². The summed E-state index contributed by atoms with van der Waals surface area (Å²) in [4.78, 5) is 26.9. The van der Waals surface area contributed by atoms with Crippen molar-refractivity contribution in [3.63, 3.8) is 0 Å². The minimum Gasteiger partial charge on any atom is -0.446 e. The molecule has 3 unspecified atom stereocenters. The number of thiophene rings is 1. The lowest BCUT2D eigenvalue weighted by atomic mass is 9.91. The molecule has 3 atom stereocenters. The van der Waals surface area contributed by atoms with Gasteiger partial charge in [-0.05, 0) is 42.7 Å². The summed E-state index contributed by atoms with van der Waals surface area (Å²) in [5.74, 6) is 0.285. The van der Waals surface area contributed by atoms with Crippen LogP contribution in [0.5, 0.6) is 0 Å².